The monoisotopic (exact) mass is 854 g/mol. The minimum atomic E-state index is -0.755. The zero-order valence-corrected chi connectivity index (χ0v) is 35.9. The summed E-state index contributed by atoms with van der Waals surface area (Å²) in [6.45, 7) is 6.66. The number of anilines is 2. The molecule has 64 heavy (non-hydrogen) atoms. The number of ketones is 1. The SMILES string of the molecule is CCCCN(CCCC)c1ccc(C2=C(O)C(c3ccc(N(C)CCOC(=O)CCC(=O)Oc4ccc5c(=C(C#N)C#N)c6cc(O)ccc6c(=C(C#N)C#N)c5c4)cc3)C2=O)cc1. The number of aromatic hydroxyl groups is 1. The standard InChI is InChI=1S/C51H46N6O7/c1-4-6-22-57(23-7-5-2)37-14-10-33(11-15-37)49-50(61)48(51(49)62)32-8-12-36(13-9-32)56(3)24-25-63-44(59)20-21-45(60)64-39-17-19-41-43(27-39)47(35(30-54)31-55)40-18-16-38(58)26-42(40)46(41)34(28-52)29-53/h8-19,26-27,48,58,61H,4-7,20-25H2,1-3H3. The summed E-state index contributed by atoms with van der Waals surface area (Å²) in [5.74, 6) is -2.33. The van der Waals surface area contributed by atoms with Crippen molar-refractivity contribution >= 4 is 67.4 Å². The normalized spacial score (nSPS) is 12.9. The van der Waals surface area contributed by atoms with Crippen molar-refractivity contribution in [3.8, 4) is 35.8 Å². The number of nitrogens with zero attached hydrogens (tertiary/aromatic N) is 6. The van der Waals surface area contributed by atoms with Crippen molar-refractivity contribution in [2.24, 2.45) is 0 Å². The summed E-state index contributed by atoms with van der Waals surface area (Å²) in [5, 5.41) is 62.0. The molecule has 5 aromatic rings. The second-order valence-electron chi connectivity index (χ2n) is 15.4. The molecule has 1 atom stereocenters. The smallest absolute Gasteiger partial charge is 0.311 e. The van der Waals surface area contributed by atoms with Crippen LogP contribution in [0.15, 0.2) is 90.7 Å². The van der Waals surface area contributed by atoms with Crippen LogP contribution in [-0.4, -0.2) is 61.2 Å². The number of phenols is 1. The van der Waals surface area contributed by atoms with Crippen LogP contribution in [0.3, 0.4) is 0 Å². The van der Waals surface area contributed by atoms with Gasteiger partial charge in [0.15, 0.2) is 5.78 Å². The lowest BCUT2D eigenvalue weighted by Crippen LogP contribution is -2.29. The number of likely N-dealkylation sites (N-methyl/N-ethyl adjacent to an activating group) is 1. The van der Waals surface area contributed by atoms with Crippen LogP contribution >= 0.6 is 0 Å². The highest BCUT2D eigenvalue weighted by molar-refractivity contribution is 6.32. The molecular weight excluding hydrogens is 809 g/mol. The predicted octanol–water partition coefficient (Wildman–Crippen LogP) is 7.50. The van der Waals surface area contributed by atoms with Crippen LogP contribution in [0.4, 0.5) is 11.4 Å². The van der Waals surface area contributed by atoms with Gasteiger partial charge in [-0.25, -0.2) is 0 Å². The number of aliphatic hydroxyl groups excluding tert-OH is 1. The van der Waals surface area contributed by atoms with Gasteiger partial charge >= 0.3 is 11.9 Å². The highest BCUT2D eigenvalue weighted by atomic mass is 16.5. The third kappa shape index (κ3) is 9.66. The molecule has 0 spiro atoms. The fourth-order valence-corrected chi connectivity index (χ4v) is 7.84. The molecule has 0 fully saturated rings. The Balaban J connectivity index is 1.04. The number of nitriles is 4. The van der Waals surface area contributed by atoms with Crippen molar-refractivity contribution in [1.29, 1.82) is 21.0 Å². The first-order chi connectivity index (χ1) is 31.0. The van der Waals surface area contributed by atoms with Crippen molar-refractivity contribution < 1.29 is 34.1 Å². The van der Waals surface area contributed by atoms with E-state index in [1.165, 1.54) is 36.4 Å². The zero-order valence-electron chi connectivity index (χ0n) is 35.9. The zero-order chi connectivity index (χ0) is 45.9. The Morgan fingerprint density at radius 3 is 1.78 bits per heavy atom. The first-order valence-corrected chi connectivity index (χ1v) is 21.1. The number of carbonyl (C=O) groups is 3. The first kappa shape index (κ1) is 45.4. The van der Waals surface area contributed by atoms with Crippen molar-refractivity contribution in [3.63, 3.8) is 0 Å². The molecule has 13 heteroatoms. The van der Waals surface area contributed by atoms with Gasteiger partial charge in [0.1, 0.15) is 65.2 Å². The quantitative estimate of drug-likeness (QED) is 0.0528. The van der Waals surface area contributed by atoms with E-state index in [9.17, 15) is 45.6 Å². The maximum atomic E-state index is 13.3. The molecular formula is C51H46N6O7. The number of fused-ring (bicyclic) bond motifs is 2. The van der Waals surface area contributed by atoms with Crippen LogP contribution in [0.2, 0.25) is 0 Å². The van der Waals surface area contributed by atoms with Crippen molar-refractivity contribution in [2.45, 2.75) is 58.3 Å². The maximum absolute atomic E-state index is 13.3. The molecule has 0 radical (unpaired) electrons. The Labute approximate surface area is 370 Å². The Morgan fingerprint density at radius 1 is 0.672 bits per heavy atom. The Morgan fingerprint density at radius 2 is 1.22 bits per heavy atom. The summed E-state index contributed by atoms with van der Waals surface area (Å²) in [6, 6.07) is 31.0. The third-order valence-electron chi connectivity index (χ3n) is 11.3. The number of hydrogen-bond acceptors (Lipinski definition) is 13. The number of rotatable bonds is 17. The van der Waals surface area contributed by atoms with Gasteiger partial charge in [0.2, 0.25) is 0 Å². The molecule has 1 unspecified atom stereocenters. The number of phenolic OH excluding ortho intramolecular Hbond substituents is 1. The van der Waals surface area contributed by atoms with Gasteiger partial charge in [-0.15, -0.1) is 0 Å². The van der Waals surface area contributed by atoms with Gasteiger partial charge in [0.25, 0.3) is 0 Å². The molecule has 5 aromatic carbocycles. The van der Waals surface area contributed by atoms with Gasteiger partial charge in [-0.2, -0.15) is 21.0 Å². The molecule has 1 aliphatic rings. The van der Waals surface area contributed by atoms with E-state index in [0.717, 1.165) is 50.1 Å². The van der Waals surface area contributed by atoms with Crippen LogP contribution in [0.25, 0.3) is 38.3 Å². The summed E-state index contributed by atoms with van der Waals surface area (Å²) < 4.78 is 10.9. The lowest BCUT2D eigenvalue weighted by Gasteiger charge is -2.29. The molecule has 1 aliphatic carbocycles. The lowest BCUT2D eigenvalue weighted by atomic mass is 9.75. The Bertz CT molecular complexity index is 2930. The predicted molar refractivity (Wildman–Crippen MR) is 243 cm³/mol. The van der Waals surface area contributed by atoms with Gasteiger partial charge in [-0.1, -0.05) is 51.0 Å². The van der Waals surface area contributed by atoms with E-state index < -0.39 is 17.9 Å². The topological polar surface area (TPSA) is 212 Å². The summed E-state index contributed by atoms with van der Waals surface area (Å²) in [7, 11) is 1.82. The van der Waals surface area contributed by atoms with Crippen molar-refractivity contribution in [1.82, 2.24) is 0 Å². The second-order valence-corrected chi connectivity index (χ2v) is 15.4. The van der Waals surface area contributed by atoms with E-state index >= 15 is 0 Å². The fraction of sp³-hybridized carbons (Fsp3) is 0.275. The Kier molecular flexibility index (Phi) is 14.6. The molecule has 0 aliphatic heterocycles. The van der Waals surface area contributed by atoms with Gasteiger partial charge in [-0.3, -0.25) is 14.4 Å². The minimum absolute atomic E-state index is 0.0242. The molecule has 0 saturated heterocycles. The van der Waals surface area contributed by atoms with E-state index in [1.54, 1.807) is 12.1 Å². The molecule has 0 bridgehead atoms. The highest BCUT2D eigenvalue weighted by Gasteiger charge is 2.41. The maximum Gasteiger partial charge on any atom is 0.311 e. The van der Waals surface area contributed by atoms with Crippen molar-refractivity contribution in [3.05, 3.63) is 112 Å². The van der Waals surface area contributed by atoms with E-state index in [1.807, 2.05) is 72.6 Å². The molecule has 2 N–H and O–H groups in total. The van der Waals surface area contributed by atoms with Crippen LogP contribution in [0.5, 0.6) is 11.5 Å². The van der Waals surface area contributed by atoms with E-state index in [2.05, 4.69) is 18.7 Å². The summed E-state index contributed by atoms with van der Waals surface area (Å²) >= 11 is 0. The number of aliphatic hydroxyl groups is 1. The number of allylic oxidation sites excluding steroid dienone is 2. The fourth-order valence-electron chi connectivity index (χ4n) is 7.84. The average molecular weight is 855 g/mol. The molecule has 0 heterocycles. The largest absolute Gasteiger partial charge is 0.510 e. The van der Waals surface area contributed by atoms with Crippen LogP contribution in [0, 0.1) is 45.3 Å². The minimum Gasteiger partial charge on any atom is -0.510 e. The summed E-state index contributed by atoms with van der Waals surface area (Å²) in [4.78, 5) is 43.1. The number of benzene rings is 5. The number of unbranched alkanes of at least 4 members (excludes halogenated alkanes) is 2. The number of ether oxygens (including phenoxy) is 2. The average Bonchev–Trinajstić information content (AvgIpc) is 3.30. The number of esters is 2. The highest BCUT2D eigenvalue weighted by Crippen LogP contribution is 2.43. The van der Waals surface area contributed by atoms with Gasteiger partial charge in [-0.05, 0) is 106 Å². The first-order valence-electron chi connectivity index (χ1n) is 21.1. The third-order valence-corrected chi connectivity index (χ3v) is 11.3. The molecule has 6 rings (SSSR count). The van der Waals surface area contributed by atoms with Crippen LogP contribution in [-0.2, 0) is 19.1 Å². The Hall–Kier alpha value is -8.13. The number of hydrogen-bond donors (Lipinski definition) is 2. The summed E-state index contributed by atoms with van der Waals surface area (Å²) in [5.41, 5.74) is 3.06. The molecule has 0 amide bonds. The van der Waals surface area contributed by atoms with Crippen LogP contribution in [0.1, 0.15) is 69.4 Å². The van der Waals surface area contributed by atoms with Gasteiger partial charge in [0.05, 0.1) is 25.0 Å². The van der Waals surface area contributed by atoms with Gasteiger partial charge in [0, 0.05) is 41.9 Å². The van der Waals surface area contributed by atoms with Crippen LogP contribution < -0.4 is 25.0 Å². The molecule has 13 nitrogen and oxygen atoms in total. The van der Waals surface area contributed by atoms with Gasteiger partial charge < -0.3 is 29.5 Å². The lowest BCUT2D eigenvalue weighted by molar-refractivity contribution is -0.146. The summed E-state index contributed by atoms with van der Waals surface area (Å²) in [6.07, 6.45) is 3.84. The van der Waals surface area contributed by atoms with Crippen molar-refractivity contribution in [2.75, 3.05) is 43.1 Å². The molecule has 0 aromatic heterocycles. The second kappa shape index (κ2) is 20.6. The molecule has 322 valence electrons. The van der Waals surface area contributed by atoms with E-state index in [-0.39, 0.29) is 74.8 Å². The number of carbonyl (C=O) groups excluding carboxylic acids is 3. The molecule has 0 saturated carbocycles. The number of Topliss-reactive ketones (excluding diaryl/α,β-unsaturated/α-hetero) is 1. The van der Waals surface area contributed by atoms with E-state index in [0.29, 0.717) is 34.0 Å². The van der Waals surface area contributed by atoms with E-state index in [4.69, 9.17) is 9.47 Å².